The van der Waals surface area contributed by atoms with Crippen LogP contribution in [0.2, 0.25) is 0 Å². The van der Waals surface area contributed by atoms with Crippen LogP contribution in [-0.4, -0.2) is 43.1 Å². The summed E-state index contributed by atoms with van der Waals surface area (Å²) < 4.78 is 5.49. The van der Waals surface area contributed by atoms with Gasteiger partial charge in [0.25, 0.3) is 0 Å². The van der Waals surface area contributed by atoms with Crippen molar-refractivity contribution >= 4 is 41.3 Å². The van der Waals surface area contributed by atoms with E-state index in [-0.39, 0.29) is 24.0 Å². The highest BCUT2D eigenvalue weighted by Crippen LogP contribution is 2.13. The number of aliphatic imine (C=N–C) groups is 1. The molecule has 7 heteroatoms. The number of aromatic nitrogens is 1. The Kier molecular flexibility index (Phi) is 11.3. The fourth-order valence-corrected chi connectivity index (χ4v) is 3.53. The lowest BCUT2D eigenvalue weighted by Crippen LogP contribution is -2.38. The van der Waals surface area contributed by atoms with Crippen molar-refractivity contribution in [2.24, 2.45) is 4.99 Å². The molecule has 2 rings (SSSR count). The summed E-state index contributed by atoms with van der Waals surface area (Å²) in [5.41, 5.74) is 2.36. The fourth-order valence-electron chi connectivity index (χ4n) is 2.71. The molecule has 5 nitrogen and oxygen atoms in total. The summed E-state index contributed by atoms with van der Waals surface area (Å²) in [4.78, 5) is 11.0. The Hall–Kier alpha value is -1.35. The molecular weight excluding hydrogens is 471 g/mol. The fraction of sp³-hybridized carbons (Fsp3) is 0.500. The van der Waals surface area contributed by atoms with E-state index in [0.29, 0.717) is 6.61 Å². The maximum Gasteiger partial charge on any atom is 0.193 e. The molecule has 1 N–H and O–H groups in total. The van der Waals surface area contributed by atoms with Crippen molar-refractivity contribution in [2.75, 3.05) is 27.2 Å². The lowest BCUT2D eigenvalue weighted by molar-refractivity contribution is 0.340. The van der Waals surface area contributed by atoms with Crippen LogP contribution in [0, 0.1) is 6.92 Å². The first-order valence-corrected chi connectivity index (χ1v) is 10.0. The van der Waals surface area contributed by atoms with Crippen LogP contribution in [0.15, 0.2) is 34.6 Å². The Labute approximate surface area is 184 Å². The molecule has 0 aliphatic carbocycles. The highest BCUT2D eigenvalue weighted by Gasteiger charge is 2.07. The SMILES string of the molecule is CCOc1ccc(CN(C)C(=NC)NCCCCc2nc(C)cs2)cc1.I. The summed E-state index contributed by atoms with van der Waals surface area (Å²) in [7, 11) is 3.89. The van der Waals surface area contributed by atoms with Gasteiger partial charge in [-0.05, 0) is 50.8 Å². The number of hydrogen-bond donors (Lipinski definition) is 1. The molecule has 0 radical (unpaired) electrons. The monoisotopic (exact) mass is 502 g/mol. The largest absolute Gasteiger partial charge is 0.494 e. The molecule has 0 saturated carbocycles. The van der Waals surface area contributed by atoms with Crippen LogP contribution in [0.1, 0.15) is 36.0 Å². The first-order chi connectivity index (χ1) is 12.6. The summed E-state index contributed by atoms with van der Waals surface area (Å²) in [6, 6.07) is 8.24. The molecule has 0 aliphatic rings. The minimum absolute atomic E-state index is 0. The lowest BCUT2D eigenvalue weighted by Gasteiger charge is -2.22. The summed E-state index contributed by atoms with van der Waals surface area (Å²) in [6.45, 7) is 6.47. The van der Waals surface area contributed by atoms with Gasteiger partial charge < -0.3 is 15.0 Å². The van der Waals surface area contributed by atoms with Gasteiger partial charge in [0.05, 0.1) is 11.6 Å². The van der Waals surface area contributed by atoms with Crippen molar-refractivity contribution in [3.05, 3.63) is 45.9 Å². The topological polar surface area (TPSA) is 49.8 Å². The zero-order valence-corrected chi connectivity index (χ0v) is 19.8. The normalized spacial score (nSPS) is 11.0. The molecule has 1 aromatic carbocycles. The van der Waals surface area contributed by atoms with E-state index in [2.05, 4.69) is 44.8 Å². The van der Waals surface area contributed by atoms with Gasteiger partial charge in [0.15, 0.2) is 5.96 Å². The van der Waals surface area contributed by atoms with E-state index >= 15 is 0 Å². The number of rotatable bonds is 9. The molecule has 0 saturated heterocycles. The maximum atomic E-state index is 5.49. The number of guanidine groups is 1. The summed E-state index contributed by atoms with van der Waals surface area (Å²) in [6.07, 6.45) is 3.30. The van der Waals surface area contributed by atoms with E-state index in [1.807, 2.05) is 33.0 Å². The molecule has 0 spiro atoms. The standard InChI is InChI=1S/C20H30N4OS.HI/c1-5-25-18-11-9-17(10-12-18)14-24(4)20(21-3)22-13-7-6-8-19-23-16(2)15-26-19;/h9-12,15H,5-8,13-14H2,1-4H3,(H,21,22);1H. The number of aryl methyl sites for hydroxylation is 2. The summed E-state index contributed by atoms with van der Waals surface area (Å²) >= 11 is 1.76. The highest BCUT2D eigenvalue weighted by molar-refractivity contribution is 14.0. The second-order valence-electron chi connectivity index (χ2n) is 6.25. The van der Waals surface area contributed by atoms with Crippen molar-refractivity contribution in [3.8, 4) is 5.75 Å². The van der Waals surface area contributed by atoms with Gasteiger partial charge in [0.2, 0.25) is 0 Å². The van der Waals surface area contributed by atoms with Crippen LogP contribution < -0.4 is 10.1 Å². The van der Waals surface area contributed by atoms with Gasteiger partial charge in [-0.2, -0.15) is 0 Å². The molecule has 27 heavy (non-hydrogen) atoms. The quantitative estimate of drug-likeness (QED) is 0.238. The van der Waals surface area contributed by atoms with Gasteiger partial charge in [-0.1, -0.05) is 12.1 Å². The Balaban J connectivity index is 0.00000364. The zero-order valence-electron chi connectivity index (χ0n) is 16.7. The average Bonchev–Trinajstić information content (AvgIpc) is 3.05. The van der Waals surface area contributed by atoms with E-state index in [1.165, 1.54) is 10.6 Å². The predicted molar refractivity (Wildman–Crippen MR) is 126 cm³/mol. The van der Waals surface area contributed by atoms with Gasteiger partial charge in [0.1, 0.15) is 5.75 Å². The second kappa shape index (κ2) is 12.9. The number of benzene rings is 1. The summed E-state index contributed by atoms with van der Waals surface area (Å²) in [5, 5.41) is 6.80. The van der Waals surface area contributed by atoms with Crippen molar-refractivity contribution < 1.29 is 4.74 Å². The Bertz CT molecular complexity index is 688. The molecule has 150 valence electrons. The van der Waals surface area contributed by atoms with Gasteiger partial charge in [0, 0.05) is 38.3 Å². The molecule has 0 amide bonds. The smallest absolute Gasteiger partial charge is 0.193 e. The number of ether oxygens (including phenoxy) is 1. The van der Waals surface area contributed by atoms with Gasteiger partial charge in [-0.15, -0.1) is 35.3 Å². The Morgan fingerprint density at radius 3 is 2.59 bits per heavy atom. The van der Waals surface area contributed by atoms with E-state index in [0.717, 1.165) is 49.8 Å². The molecule has 2 aromatic rings. The van der Waals surface area contributed by atoms with Gasteiger partial charge in [-0.3, -0.25) is 4.99 Å². The first-order valence-electron chi connectivity index (χ1n) is 9.17. The number of nitrogens with one attached hydrogen (secondary N) is 1. The molecule has 0 fully saturated rings. The predicted octanol–water partition coefficient (Wildman–Crippen LogP) is 4.50. The lowest BCUT2D eigenvalue weighted by atomic mass is 10.2. The van der Waals surface area contributed by atoms with Gasteiger partial charge >= 0.3 is 0 Å². The van der Waals surface area contributed by atoms with Crippen LogP contribution in [0.4, 0.5) is 0 Å². The third-order valence-electron chi connectivity index (χ3n) is 3.99. The van der Waals surface area contributed by atoms with Crippen molar-refractivity contribution in [2.45, 2.75) is 39.7 Å². The molecule has 0 unspecified atom stereocenters. The third kappa shape index (κ3) is 8.47. The third-order valence-corrected chi connectivity index (χ3v) is 5.02. The maximum absolute atomic E-state index is 5.49. The molecule has 1 heterocycles. The summed E-state index contributed by atoms with van der Waals surface area (Å²) in [5.74, 6) is 1.83. The molecular formula is C20H31IN4OS. The molecule has 1 aromatic heterocycles. The molecule has 0 aliphatic heterocycles. The number of thiazole rings is 1. The van der Waals surface area contributed by atoms with E-state index in [1.54, 1.807) is 11.3 Å². The minimum Gasteiger partial charge on any atom is -0.494 e. The van der Waals surface area contributed by atoms with Crippen LogP contribution in [0.25, 0.3) is 0 Å². The Morgan fingerprint density at radius 1 is 1.26 bits per heavy atom. The van der Waals surface area contributed by atoms with Crippen LogP contribution in [0.5, 0.6) is 5.75 Å². The number of hydrogen-bond acceptors (Lipinski definition) is 4. The van der Waals surface area contributed by atoms with E-state index < -0.39 is 0 Å². The second-order valence-corrected chi connectivity index (χ2v) is 7.19. The zero-order chi connectivity index (χ0) is 18.8. The number of nitrogens with zero attached hydrogens (tertiary/aromatic N) is 3. The molecule has 0 bridgehead atoms. The minimum atomic E-state index is 0. The number of halogens is 1. The van der Waals surface area contributed by atoms with Crippen LogP contribution in [-0.2, 0) is 13.0 Å². The van der Waals surface area contributed by atoms with Gasteiger partial charge in [-0.25, -0.2) is 4.98 Å². The van der Waals surface area contributed by atoms with E-state index in [9.17, 15) is 0 Å². The van der Waals surface area contributed by atoms with Crippen molar-refractivity contribution in [1.29, 1.82) is 0 Å². The van der Waals surface area contributed by atoms with E-state index in [4.69, 9.17) is 4.74 Å². The van der Waals surface area contributed by atoms with Crippen LogP contribution >= 0.6 is 35.3 Å². The van der Waals surface area contributed by atoms with Crippen molar-refractivity contribution in [1.82, 2.24) is 15.2 Å². The Morgan fingerprint density at radius 2 is 2.00 bits per heavy atom. The highest BCUT2D eigenvalue weighted by atomic mass is 127. The van der Waals surface area contributed by atoms with Crippen LogP contribution in [0.3, 0.4) is 0 Å². The first kappa shape index (κ1) is 23.7. The average molecular weight is 502 g/mol. The molecule has 0 atom stereocenters. The van der Waals surface area contributed by atoms with Crippen molar-refractivity contribution in [3.63, 3.8) is 0 Å². The number of unbranched alkanes of at least 4 members (excludes halogenated alkanes) is 1.